The van der Waals surface area contributed by atoms with Crippen LogP contribution in [0.25, 0.3) is 0 Å². The number of carbonyl (C=O) groups excluding carboxylic acids is 1. The number of halogens is 1. The lowest BCUT2D eigenvalue weighted by atomic mass is 9.86. The molecule has 0 spiro atoms. The van der Waals surface area contributed by atoms with Crippen LogP contribution in [0.15, 0.2) is 22.7 Å². The smallest absolute Gasteiger partial charge is 0.130 e. The Bertz CT molecular complexity index is 311. The van der Waals surface area contributed by atoms with Crippen molar-refractivity contribution in [3.63, 3.8) is 0 Å². The fraction of sp³-hybridized carbons (Fsp3) is 0.300. The minimum absolute atomic E-state index is 0.145. The Morgan fingerprint density at radius 1 is 1.46 bits per heavy atom. The van der Waals surface area contributed by atoms with E-state index in [1.54, 1.807) is 32.0 Å². The Morgan fingerprint density at radius 2 is 2.08 bits per heavy atom. The summed E-state index contributed by atoms with van der Waals surface area (Å²) in [7, 11) is 0. The number of benzene rings is 1. The van der Waals surface area contributed by atoms with Gasteiger partial charge in [-0.15, -0.1) is 0 Å². The van der Waals surface area contributed by atoms with Gasteiger partial charge >= 0.3 is 0 Å². The Hall–Kier alpha value is -0.830. The molecule has 0 amide bonds. The molecule has 0 unspecified atom stereocenters. The Morgan fingerprint density at radius 3 is 2.54 bits per heavy atom. The number of hydrogen-bond acceptors (Lipinski definition) is 2. The van der Waals surface area contributed by atoms with E-state index < -0.39 is 5.41 Å². The van der Waals surface area contributed by atoms with Crippen molar-refractivity contribution in [1.29, 1.82) is 0 Å². The number of aromatic hydroxyl groups is 1. The summed E-state index contributed by atoms with van der Waals surface area (Å²) in [5.74, 6) is 0.145. The van der Waals surface area contributed by atoms with Crippen LogP contribution < -0.4 is 0 Å². The average molecular weight is 243 g/mol. The van der Waals surface area contributed by atoms with Gasteiger partial charge < -0.3 is 9.90 Å². The molecule has 0 aliphatic heterocycles. The van der Waals surface area contributed by atoms with Crippen molar-refractivity contribution in [2.75, 3.05) is 0 Å². The molecule has 1 N–H and O–H groups in total. The Labute approximate surface area is 85.7 Å². The first-order valence-corrected chi connectivity index (χ1v) is 4.72. The van der Waals surface area contributed by atoms with Crippen LogP contribution in [0.1, 0.15) is 19.4 Å². The highest BCUT2D eigenvalue weighted by atomic mass is 79.9. The number of hydrogen-bond donors (Lipinski definition) is 1. The molecule has 0 aliphatic rings. The zero-order chi connectivity index (χ0) is 10.1. The minimum atomic E-state index is -0.663. The number of aldehydes is 1. The lowest BCUT2D eigenvalue weighted by Gasteiger charge is -2.20. The summed E-state index contributed by atoms with van der Waals surface area (Å²) in [5, 5.41) is 9.57. The molecule has 3 heteroatoms. The maximum Gasteiger partial charge on any atom is 0.130 e. The van der Waals surface area contributed by atoms with Gasteiger partial charge in [0.05, 0.1) is 0 Å². The Kier molecular flexibility index (Phi) is 2.76. The van der Waals surface area contributed by atoms with Gasteiger partial charge in [0.25, 0.3) is 0 Å². The highest BCUT2D eigenvalue weighted by molar-refractivity contribution is 9.10. The zero-order valence-corrected chi connectivity index (χ0v) is 9.13. The largest absolute Gasteiger partial charge is 0.508 e. The van der Waals surface area contributed by atoms with Gasteiger partial charge in [-0.25, -0.2) is 0 Å². The lowest BCUT2D eigenvalue weighted by molar-refractivity contribution is -0.111. The standard InChI is InChI=1S/C10H11BrO2/c1-10(2,6-12)9-7(11)4-3-5-8(9)13/h3-6,13H,1-2H3. The van der Waals surface area contributed by atoms with E-state index in [9.17, 15) is 9.90 Å². The van der Waals surface area contributed by atoms with Gasteiger partial charge in [0, 0.05) is 15.5 Å². The molecule has 0 saturated carbocycles. The molecule has 0 radical (unpaired) electrons. The first-order valence-electron chi connectivity index (χ1n) is 3.93. The second kappa shape index (κ2) is 3.50. The zero-order valence-electron chi connectivity index (χ0n) is 7.54. The van der Waals surface area contributed by atoms with E-state index in [0.29, 0.717) is 5.56 Å². The van der Waals surface area contributed by atoms with Crippen molar-refractivity contribution in [2.24, 2.45) is 0 Å². The Balaban J connectivity index is 3.36. The van der Waals surface area contributed by atoms with Crippen LogP contribution in [0.2, 0.25) is 0 Å². The number of rotatable bonds is 2. The SMILES string of the molecule is CC(C)(C=O)c1c(O)cccc1Br. The normalized spacial score (nSPS) is 11.3. The molecule has 0 bridgehead atoms. The van der Waals surface area contributed by atoms with Crippen LogP contribution in [0.5, 0.6) is 5.75 Å². The molecule has 13 heavy (non-hydrogen) atoms. The molecule has 1 aromatic carbocycles. The van der Waals surface area contributed by atoms with Gasteiger partial charge in [-0.1, -0.05) is 22.0 Å². The third-order valence-corrected chi connectivity index (χ3v) is 2.59. The monoisotopic (exact) mass is 242 g/mol. The lowest BCUT2D eigenvalue weighted by Crippen LogP contribution is -2.19. The predicted octanol–water partition coefficient (Wildman–Crippen LogP) is 2.63. The van der Waals surface area contributed by atoms with Gasteiger partial charge in [-0.05, 0) is 26.0 Å². The number of carbonyl (C=O) groups is 1. The van der Waals surface area contributed by atoms with Crippen LogP contribution in [0, 0.1) is 0 Å². The molecule has 1 aromatic rings. The number of phenolic OH excluding ortho intramolecular Hbond substituents is 1. The maximum atomic E-state index is 10.8. The summed E-state index contributed by atoms with van der Waals surface area (Å²) in [6.45, 7) is 3.53. The van der Waals surface area contributed by atoms with E-state index in [0.717, 1.165) is 10.8 Å². The molecule has 0 fully saturated rings. The van der Waals surface area contributed by atoms with E-state index in [2.05, 4.69) is 15.9 Å². The third kappa shape index (κ3) is 1.91. The third-order valence-electron chi connectivity index (χ3n) is 1.93. The van der Waals surface area contributed by atoms with Gasteiger partial charge in [0.2, 0.25) is 0 Å². The molecular formula is C10H11BrO2. The van der Waals surface area contributed by atoms with E-state index in [4.69, 9.17) is 0 Å². The van der Waals surface area contributed by atoms with E-state index in [-0.39, 0.29) is 5.75 Å². The van der Waals surface area contributed by atoms with Crippen molar-refractivity contribution in [2.45, 2.75) is 19.3 Å². The topological polar surface area (TPSA) is 37.3 Å². The molecular weight excluding hydrogens is 232 g/mol. The summed E-state index contributed by atoms with van der Waals surface area (Å²) in [4.78, 5) is 10.8. The van der Waals surface area contributed by atoms with Crippen LogP contribution >= 0.6 is 15.9 Å². The van der Waals surface area contributed by atoms with Crippen molar-refractivity contribution < 1.29 is 9.90 Å². The molecule has 0 aliphatic carbocycles. The van der Waals surface area contributed by atoms with E-state index >= 15 is 0 Å². The van der Waals surface area contributed by atoms with Gasteiger partial charge in [-0.2, -0.15) is 0 Å². The molecule has 0 atom stereocenters. The molecule has 70 valence electrons. The fourth-order valence-corrected chi connectivity index (χ4v) is 2.08. The quantitative estimate of drug-likeness (QED) is 0.810. The summed E-state index contributed by atoms with van der Waals surface area (Å²) in [6, 6.07) is 5.11. The van der Waals surface area contributed by atoms with Crippen molar-refractivity contribution in [1.82, 2.24) is 0 Å². The maximum absolute atomic E-state index is 10.8. The highest BCUT2D eigenvalue weighted by Gasteiger charge is 2.25. The second-order valence-electron chi connectivity index (χ2n) is 3.47. The summed E-state index contributed by atoms with van der Waals surface area (Å²) in [5.41, 5.74) is -0.0329. The van der Waals surface area contributed by atoms with Gasteiger partial charge in [0.1, 0.15) is 12.0 Å². The predicted molar refractivity (Wildman–Crippen MR) is 54.9 cm³/mol. The van der Waals surface area contributed by atoms with Crippen LogP contribution in [0.4, 0.5) is 0 Å². The first-order chi connectivity index (χ1) is 5.99. The van der Waals surface area contributed by atoms with E-state index in [1.165, 1.54) is 0 Å². The van der Waals surface area contributed by atoms with Crippen molar-refractivity contribution in [3.05, 3.63) is 28.2 Å². The van der Waals surface area contributed by atoms with Gasteiger partial charge in [-0.3, -0.25) is 0 Å². The van der Waals surface area contributed by atoms with E-state index in [1.807, 2.05) is 0 Å². The molecule has 1 rings (SSSR count). The summed E-state index contributed by atoms with van der Waals surface area (Å²) < 4.78 is 0.754. The second-order valence-corrected chi connectivity index (χ2v) is 4.33. The van der Waals surface area contributed by atoms with Gasteiger partial charge in [0.15, 0.2) is 0 Å². The fourth-order valence-electron chi connectivity index (χ4n) is 1.21. The first kappa shape index (κ1) is 10.3. The summed E-state index contributed by atoms with van der Waals surface area (Å²) >= 11 is 3.30. The van der Waals surface area contributed by atoms with Crippen LogP contribution in [-0.2, 0) is 10.2 Å². The van der Waals surface area contributed by atoms with Crippen LogP contribution in [-0.4, -0.2) is 11.4 Å². The highest BCUT2D eigenvalue weighted by Crippen LogP contribution is 2.35. The average Bonchev–Trinajstić information content (AvgIpc) is 2.03. The summed E-state index contributed by atoms with van der Waals surface area (Å²) in [6.07, 6.45) is 0.826. The molecule has 0 saturated heterocycles. The molecule has 2 nitrogen and oxygen atoms in total. The van der Waals surface area contributed by atoms with Crippen molar-refractivity contribution >= 4 is 22.2 Å². The number of phenols is 1. The molecule has 0 aromatic heterocycles. The van der Waals surface area contributed by atoms with Crippen LogP contribution in [0.3, 0.4) is 0 Å². The molecule has 0 heterocycles. The minimum Gasteiger partial charge on any atom is -0.508 e. The van der Waals surface area contributed by atoms with Crippen molar-refractivity contribution in [3.8, 4) is 5.75 Å².